The highest BCUT2D eigenvalue weighted by molar-refractivity contribution is 6.35. The van der Waals surface area contributed by atoms with Gasteiger partial charge in [-0.05, 0) is 43.4 Å². The second kappa shape index (κ2) is 4.04. The SMILES string of the molecule is CC[C@@H](N)n1c2c(c3c(Cl)cccc31)CCC2. The first kappa shape index (κ1) is 11.1. The third kappa shape index (κ3) is 1.51. The van der Waals surface area contributed by atoms with Gasteiger partial charge in [0.25, 0.3) is 0 Å². The van der Waals surface area contributed by atoms with Gasteiger partial charge < -0.3 is 10.3 Å². The Bertz CT molecular complexity index is 571. The Hall–Kier alpha value is -0.990. The fraction of sp³-hybridized carbons (Fsp3) is 0.429. The summed E-state index contributed by atoms with van der Waals surface area (Å²) in [7, 11) is 0. The summed E-state index contributed by atoms with van der Waals surface area (Å²) in [5.41, 5.74) is 10.3. The number of aryl methyl sites for hydroxylation is 1. The van der Waals surface area contributed by atoms with Gasteiger partial charge in [-0.2, -0.15) is 0 Å². The van der Waals surface area contributed by atoms with Gasteiger partial charge in [-0.15, -0.1) is 0 Å². The number of halogens is 1. The Morgan fingerprint density at radius 2 is 2.24 bits per heavy atom. The number of hydrogen-bond acceptors (Lipinski definition) is 1. The van der Waals surface area contributed by atoms with Crippen LogP contribution in [0.4, 0.5) is 0 Å². The van der Waals surface area contributed by atoms with E-state index >= 15 is 0 Å². The molecule has 2 aromatic rings. The predicted octanol–water partition coefficient (Wildman–Crippen LogP) is 3.65. The Morgan fingerprint density at radius 1 is 1.41 bits per heavy atom. The van der Waals surface area contributed by atoms with Crippen LogP contribution in [0.5, 0.6) is 0 Å². The van der Waals surface area contributed by atoms with Crippen LogP contribution in [0.3, 0.4) is 0 Å². The molecule has 1 aliphatic rings. The summed E-state index contributed by atoms with van der Waals surface area (Å²) in [6, 6.07) is 6.12. The normalized spacial score (nSPS) is 16.4. The fourth-order valence-corrected chi connectivity index (χ4v) is 3.27. The van der Waals surface area contributed by atoms with Gasteiger partial charge in [0.15, 0.2) is 0 Å². The second-order valence-corrected chi connectivity index (χ2v) is 5.17. The van der Waals surface area contributed by atoms with Crippen LogP contribution in [0, 0.1) is 0 Å². The molecule has 0 fully saturated rings. The summed E-state index contributed by atoms with van der Waals surface area (Å²) in [6.07, 6.45) is 4.51. The van der Waals surface area contributed by atoms with Gasteiger partial charge in [0.1, 0.15) is 0 Å². The molecule has 0 spiro atoms. The van der Waals surface area contributed by atoms with Crippen molar-refractivity contribution < 1.29 is 0 Å². The van der Waals surface area contributed by atoms with Gasteiger partial charge in [-0.3, -0.25) is 0 Å². The lowest BCUT2D eigenvalue weighted by molar-refractivity contribution is 0.506. The van der Waals surface area contributed by atoms with Crippen molar-refractivity contribution in [2.45, 2.75) is 38.8 Å². The van der Waals surface area contributed by atoms with Crippen molar-refractivity contribution in [3.8, 4) is 0 Å². The highest BCUT2D eigenvalue weighted by Gasteiger charge is 2.24. The largest absolute Gasteiger partial charge is 0.328 e. The molecular weight excluding hydrogens is 232 g/mol. The molecule has 0 aliphatic heterocycles. The Kier molecular flexibility index (Phi) is 2.64. The minimum atomic E-state index is 0.0674. The molecule has 2 nitrogen and oxygen atoms in total. The number of rotatable bonds is 2. The lowest BCUT2D eigenvalue weighted by Gasteiger charge is -2.16. The molecule has 0 saturated carbocycles. The maximum atomic E-state index is 6.35. The first-order valence-corrected chi connectivity index (χ1v) is 6.67. The number of benzene rings is 1. The van der Waals surface area contributed by atoms with E-state index in [0.29, 0.717) is 0 Å². The van der Waals surface area contributed by atoms with Gasteiger partial charge in [0, 0.05) is 11.1 Å². The summed E-state index contributed by atoms with van der Waals surface area (Å²) in [6.45, 7) is 2.13. The Labute approximate surface area is 106 Å². The lowest BCUT2D eigenvalue weighted by Crippen LogP contribution is -2.19. The molecular formula is C14H17ClN2. The number of fused-ring (bicyclic) bond motifs is 3. The minimum Gasteiger partial charge on any atom is -0.328 e. The van der Waals surface area contributed by atoms with Gasteiger partial charge in [-0.1, -0.05) is 24.6 Å². The smallest absolute Gasteiger partial charge is 0.0814 e. The van der Waals surface area contributed by atoms with E-state index in [2.05, 4.69) is 17.6 Å². The monoisotopic (exact) mass is 248 g/mol. The van der Waals surface area contributed by atoms with Crippen LogP contribution in [0.1, 0.15) is 37.2 Å². The van der Waals surface area contributed by atoms with Crippen molar-refractivity contribution in [3.05, 3.63) is 34.5 Å². The van der Waals surface area contributed by atoms with E-state index in [0.717, 1.165) is 24.3 Å². The molecule has 3 heteroatoms. The molecule has 0 unspecified atom stereocenters. The van der Waals surface area contributed by atoms with Crippen LogP contribution in [0.25, 0.3) is 10.9 Å². The number of hydrogen-bond donors (Lipinski definition) is 1. The van der Waals surface area contributed by atoms with E-state index in [-0.39, 0.29) is 6.17 Å². The van der Waals surface area contributed by atoms with Crippen LogP contribution in [-0.4, -0.2) is 4.57 Å². The summed E-state index contributed by atoms with van der Waals surface area (Å²) >= 11 is 6.35. The summed E-state index contributed by atoms with van der Waals surface area (Å²) in [4.78, 5) is 0. The van der Waals surface area contributed by atoms with E-state index in [4.69, 9.17) is 17.3 Å². The van der Waals surface area contributed by atoms with E-state index < -0.39 is 0 Å². The van der Waals surface area contributed by atoms with Crippen LogP contribution in [-0.2, 0) is 12.8 Å². The van der Waals surface area contributed by atoms with Crippen LogP contribution >= 0.6 is 11.6 Å². The van der Waals surface area contributed by atoms with Gasteiger partial charge in [-0.25, -0.2) is 0 Å². The molecule has 1 aromatic heterocycles. The molecule has 0 radical (unpaired) electrons. The summed E-state index contributed by atoms with van der Waals surface area (Å²) in [5, 5.41) is 2.09. The molecule has 0 amide bonds. The molecule has 0 saturated heterocycles. The first-order chi connectivity index (χ1) is 8.24. The second-order valence-electron chi connectivity index (χ2n) is 4.76. The van der Waals surface area contributed by atoms with Crippen molar-refractivity contribution in [1.29, 1.82) is 0 Å². The molecule has 3 rings (SSSR count). The van der Waals surface area contributed by atoms with Crippen LogP contribution < -0.4 is 5.73 Å². The molecule has 1 aliphatic carbocycles. The average Bonchev–Trinajstić information content (AvgIpc) is 2.87. The Morgan fingerprint density at radius 3 is 3.00 bits per heavy atom. The lowest BCUT2D eigenvalue weighted by atomic mass is 10.1. The minimum absolute atomic E-state index is 0.0674. The third-order valence-electron chi connectivity index (χ3n) is 3.78. The summed E-state index contributed by atoms with van der Waals surface area (Å²) < 4.78 is 2.30. The van der Waals surface area contributed by atoms with Crippen LogP contribution in [0.15, 0.2) is 18.2 Å². The van der Waals surface area contributed by atoms with Gasteiger partial charge >= 0.3 is 0 Å². The molecule has 1 atom stereocenters. The number of nitrogens with two attached hydrogens (primary N) is 1. The van der Waals surface area contributed by atoms with Crippen LogP contribution in [0.2, 0.25) is 5.02 Å². The topological polar surface area (TPSA) is 30.9 Å². The van der Waals surface area contributed by atoms with Crippen molar-refractivity contribution >= 4 is 22.5 Å². The standard InChI is InChI=1S/C14H17ClN2/c1-2-13(16)17-11-7-3-5-9(11)14-10(15)6-4-8-12(14)17/h4,6,8,13H,2-3,5,7,16H2,1H3/t13-/m0/s1. The third-order valence-corrected chi connectivity index (χ3v) is 4.10. The quantitative estimate of drug-likeness (QED) is 0.864. The molecule has 1 aromatic carbocycles. The van der Waals surface area contributed by atoms with E-state index in [1.807, 2.05) is 12.1 Å². The predicted molar refractivity (Wildman–Crippen MR) is 72.5 cm³/mol. The highest BCUT2D eigenvalue weighted by Crippen LogP contribution is 2.38. The Balaban J connectivity index is 2.38. The van der Waals surface area contributed by atoms with E-state index in [9.17, 15) is 0 Å². The van der Waals surface area contributed by atoms with E-state index in [1.165, 1.54) is 28.6 Å². The fourth-order valence-electron chi connectivity index (χ4n) is 2.98. The summed E-state index contributed by atoms with van der Waals surface area (Å²) in [5.74, 6) is 0. The first-order valence-electron chi connectivity index (χ1n) is 6.29. The zero-order chi connectivity index (χ0) is 12.0. The van der Waals surface area contributed by atoms with Crippen molar-refractivity contribution in [1.82, 2.24) is 4.57 Å². The van der Waals surface area contributed by atoms with Crippen molar-refractivity contribution in [2.75, 3.05) is 0 Å². The van der Waals surface area contributed by atoms with Crippen molar-refractivity contribution in [3.63, 3.8) is 0 Å². The maximum absolute atomic E-state index is 6.35. The number of nitrogens with zero attached hydrogens (tertiary/aromatic N) is 1. The number of aromatic nitrogens is 1. The van der Waals surface area contributed by atoms with Gasteiger partial charge in [0.2, 0.25) is 0 Å². The highest BCUT2D eigenvalue weighted by atomic mass is 35.5. The zero-order valence-electron chi connectivity index (χ0n) is 10.0. The molecule has 0 bridgehead atoms. The van der Waals surface area contributed by atoms with Gasteiger partial charge in [0.05, 0.1) is 16.7 Å². The maximum Gasteiger partial charge on any atom is 0.0814 e. The zero-order valence-corrected chi connectivity index (χ0v) is 10.8. The molecule has 90 valence electrons. The molecule has 2 N–H and O–H groups in total. The molecule has 1 heterocycles. The van der Waals surface area contributed by atoms with Crippen molar-refractivity contribution in [2.24, 2.45) is 5.73 Å². The van der Waals surface area contributed by atoms with E-state index in [1.54, 1.807) is 0 Å². The average molecular weight is 249 g/mol. The molecule has 17 heavy (non-hydrogen) atoms.